The summed E-state index contributed by atoms with van der Waals surface area (Å²) >= 11 is 0. The molecule has 0 saturated heterocycles. The van der Waals surface area contributed by atoms with E-state index in [9.17, 15) is 0 Å². The third-order valence-electron chi connectivity index (χ3n) is 4.40. The summed E-state index contributed by atoms with van der Waals surface area (Å²) in [5.41, 5.74) is 11.8. The highest BCUT2D eigenvalue weighted by Gasteiger charge is 2.16. The molecule has 2 aromatic heterocycles. The summed E-state index contributed by atoms with van der Waals surface area (Å²) in [5.74, 6) is 0.492. The average Bonchev–Trinajstić information content (AvgIpc) is 2.94. The number of H-pyrrole nitrogens is 1. The van der Waals surface area contributed by atoms with Crippen LogP contribution in [0.2, 0.25) is 0 Å². The molecule has 0 aliphatic rings. The van der Waals surface area contributed by atoms with Crippen LogP contribution in [0.15, 0.2) is 42.6 Å². The van der Waals surface area contributed by atoms with Gasteiger partial charge in [0.1, 0.15) is 0 Å². The first kappa shape index (κ1) is 15.8. The van der Waals surface area contributed by atoms with E-state index in [1.54, 1.807) is 0 Å². The number of para-hydroxylation sites is 1. The first-order valence-corrected chi connectivity index (χ1v) is 8.47. The van der Waals surface area contributed by atoms with Crippen LogP contribution in [0.1, 0.15) is 43.7 Å². The number of rotatable bonds is 6. The Morgan fingerprint density at radius 2 is 1.96 bits per heavy atom. The molecule has 3 N–H and O–H groups in total. The van der Waals surface area contributed by atoms with Crippen LogP contribution < -0.4 is 5.73 Å². The number of aromatic nitrogens is 2. The molecular weight excluding hydrogens is 282 g/mol. The van der Waals surface area contributed by atoms with Gasteiger partial charge in [0.2, 0.25) is 0 Å². The van der Waals surface area contributed by atoms with Crippen LogP contribution in [-0.2, 0) is 6.42 Å². The van der Waals surface area contributed by atoms with Gasteiger partial charge in [-0.2, -0.15) is 0 Å². The maximum atomic E-state index is 5.67. The normalized spacial score (nSPS) is 11.5. The molecule has 3 heteroatoms. The van der Waals surface area contributed by atoms with Crippen LogP contribution in [0.4, 0.5) is 0 Å². The van der Waals surface area contributed by atoms with Gasteiger partial charge >= 0.3 is 0 Å². The number of benzene rings is 1. The molecule has 120 valence electrons. The SMILES string of the molecule is CC(C)c1cccc2c(CCCCN)c(-c3ccccn3)[nH]c12. The fourth-order valence-corrected chi connectivity index (χ4v) is 3.21. The van der Waals surface area contributed by atoms with Crippen LogP contribution in [0.3, 0.4) is 0 Å². The van der Waals surface area contributed by atoms with Crippen molar-refractivity contribution in [3.8, 4) is 11.4 Å². The van der Waals surface area contributed by atoms with Crippen molar-refractivity contribution >= 4 is 10.9 Å². The number of fused-ring (bicyclic) bond motifs is 1. The second-order valence-corrected chi connectivity index (χ2v) is 6.36. The first-order chi connectivity index (χ1) is 11.2. The predicted octanol–water partition coefficient (Wildman–Crippen LogP) is 4.63. The average molecular weight is 307 g/mol. The Hall–Kier alpha value is -2.13. The van der Waals surface area contributed by atoms with Gasteiger partial charge < -0.3 is 10.7 Å². The van der Waals surface area contributed by atoms with Gasteiger partial charge in [0.25, 0.3) is 0 Å². The number of nitrogens with two attached hydrogens (primary N) is 1. The highest BCUT2D eigenvalue weighted by Crippen LogP contribution is 2.34. The number of pyridine rings is 1. The van der Waals surface area contributed by atoms with E-state index in [0.29, 0.717) is 5.92 Å². The van der Waals surface area contributed by atoms with Crippen molar-refractivity contribution < 1.29 is 0 Å². The summed E-state index contributed by atoms with van der Waals surface area (Å²) in [6, 6.07) is 12.7. The van der Waals surface area contributed by atoms with Gasteiger partial charge in [-0.15, -0.1) is 0 Å². The molecule has 0 radical (unpaired) electrons. The predicted molar refractivity (Wildman–Crippen MR) is 97.6 cm³/mol. The van der Waals surface area contributed by atoms with Crippen LogP contribution in [0.25, 0.3) is 22.3 Å². The number of aromatic amines is 1. The third-order valence-corrected chi connectivity index (χ3v) is 4.40. The lowest BCUT2D eigenvalue weighted by atomic mass is 9.97. The van der Waals surface area contributed by atoms with Gasteiger partial charge in [0.05, 0.1) is 11.4 Å². The van der Waals surface area contributed by atoms with Crippen molar-refractivity contribution in [3.63, 3.8) is 0 Å². The molecule has 3 nitrogen and oxygen atoms in total. The molecule has 0 amide bonds. The summed E-state index contributed by atoms with van der Waals surface area (Å²) < 4.78 is 0. The van der Waals surface area contributed by atoms with E-state index in [1.807, 2.05) is 18.3 Å². The zero-order valence-electron chi connectivity index (χ0n) is 14.0. The Labute approximate surface area is 137 Å². The summed E-state index contributed by atoms with van der Waals surface area (Å²) in [6.07, 6.45) is 5.05. The second-order valence-electron chi connectivity index (χ2n) is 6.36. The molecule has 0 saturated carbocycles. The molecule has 0 atom stereocenters. The highest BCUT2D eigenvalue weighted by atomic mass is 14.8. The number of nitrogens with zero attached hydrogens (tertiary/aromatic N) is 1. The lowest BCUT2D eigenvalue weighted by Crippen LogP contribution is -1.99. The van der Waals surface area contributed by atoms with Crippen molar-refractivity contribution in [1.29, 1.82) is 0 Å². The molecule has 23 heavy (non-hydrogen) atoms. The standard InChI is InChI=1S/C20H25N3/c1-14(2)15-9-7-10-16-17(8-3-5-12-21)20(23-19(15)16)18-11-4-6-13-22-18/h4,6-7,9-11,13-14,23H,3,5,8,12,21H2,1-2H3. The zero-order valence-corrected chi connectivity index (χ0v) is 14.0. The maximum absolute atomic E-state index is 5.67. The fourth-order valence-electron chi connectivity index (χ4n) is 3.21. The number of hydrogen-bond acceptors (Lipinski definition) is 2. The molecule has 0 bridgehead atoms. The molecule has 0 spiro atoms. The Morgan fingerprint density at radius 1 is 1.09 bits per heavy atom. The molecular formula is C20H25N3. The van der Waals surface area contributed by atoms with E-state index >= 15 is 0 Å². The minimum atomic E-state index is 0.492. The van der Waals surface area contributed by atoms with Crippen molar-refractivity contribution in [1.82, 2.24) is 9.97 Å². The van der Waals surface area contributed by atoms with E-state index in [1.165, 1.54) is 22.0 Å². The van der Waals surface area contributed by atoms with Gasteiger partial charge in [-0.3, -0.25) is 4.98 Å². The molecule has 2 heterocycles. The molecule has 0 aliphatic heterocycles. The molecule has 3 aromatic rings. The largest absolute Gasteiger partial charge is 0.353 e. The lowest BCUT2D eigenvalue weighted by Gasteiger charge is -2.07. The summed E-state index contributed by atoms with van der Waals surface area (Å²) in [4.78, 5) is 8.22. The molecule has 0 unspecified atom stereocenters. The molecule has 0 aliphatic carbocycles. The Morgan fingerprint density at radius 3 is 2.65 bits per heavy atom. The van der Waals surface area contributed by atoms with E-state index in [-0.39, 0.29) is 0 Å². The molecule has 1 aromatic carbocycles. The first-order valence-electron chi connectivity index (χ1n) is 8.47. The number of unbranched alkanes of at least 4 members (excludes halogenated alkanes) is 1. The van der Waals surface area contributed by atoms with E-state index in [2.05, 4.69) is 48.1 Å². The van der Waals surface area contributed by atoms with Gasteiger partial charge in [0, 0.05) is 17.1 Å². The third kappa shape index (κ3) is 3.15. The minimum Gasteiger partial charge on any atom is -0.353 e. The summed E-state index contributed by atoms with van der Waals surface area (Å²) in [6.45, 7) is 5.23. The van der Waals surface area contributed by atoms with Crippen molar-refractivity contribution in [3.05, 3.63) is 53.7 Å². The summed E-state index contributed by atoms with van der Waals surface area (Å²) in [5, 5.41) is 1.33. The van der Waals surface area contributed by atoms with Gasteiger partial charge in [-0.1, -0.05) is 38.1 Å². The van der Waals surface area contributed by atoms with Gasteiger partial charge in [-0.05, 0) is 55.0 Å². The molecule has 0 fully saturated rings. The Kier molecular flexibility index (Phi) is 4.77. The van der Waals surface area contributed by atoms with E-state index in [0.717, 1.165) is 37.2 Å². The van der Waals surface area contributed by atoms with Crippen LogP contribution in [0, 0.1) is 0 Å². The van der Waals surface area contributed by atoms with Crippen LogP contribution in [0.5, 0.6) is 0 Å². The van der Waals surface area contributed by atoms with Crippen molar-refractivity contribution in [2.45, 2.75) is 39.0 Å². The smallest absolute Gasteiger partial charge is 0.0867 e. The number of nitrogens with one attached hydrogen (secondary N) is 1. The number of aryl methyl sites for hydroxylation is 1. The fraction of sp³-hybridized carbons (Fsp3) is 0.350. The van der Waals surface area contributed by atoms with Crippen LogP contribution >= 0.6 is 0 Å². The highest BCUT2D eigenvalue weighted by molar-refractivity contribution is 5.92. The van der Waals surface area contributed by atoms with E-state index in [4.69, 9.17) is 5.73 Å². The molecule has 3 rings (SSSR count). The Bertz CT molecular complexity index is 772. The second kappa shape index (κ2) is 6.97. The van der Waals surface area contributed by atoms with Crippen LogP contribution in [-0.4, -0.2) is 16.5 Å². The van der Waals surface area contributed by atoms with Crippen molar-refractivity contribution in [2.24, 2.45) is 5.73 Å². The van der Waals surface area contributed by atoms with Gasteiger partial charge in [0.15, 0.2) is 0 Å². The van der Waals surface area contributed by atoms with Crippen molar-refractivity contribution in [2.75, 3.05) is 6.54 Å². The number of hydrogen-bond donors (Lipinski definition) is 2. The lowest BCUT2D eigenvalue weighted by molar-refractivity contribution is 0.748. The topological polar surface area (TPSA) is 54.7 Å². The van der Waals surface area contributed by atoms with Gasteiger partial charge in [-0.25, -0.2) is 0 Å². The monoisotopic (exact) mass is 307 g/mol. The minimum absolute atomic E-state index is 0.492. The quantitative estimate of drug-likeness (QED) is 0.652. The summed E-state index contributed by atoms with van der Waals surface area (Å²) in [7, 11) is 0. The maximum Gasteiger partial charge on any atom is 0.0867 e. The Balaban J connectivity index is 2.16. The van der Waals surface area contributed by atoms with E-state index < -0.39 is 0 Å². The zero-order chi connectivity index (χ0) is 16.2.